The van der Waals surface area contributed by atoms with Crippen molar-refractivity contribution in [1.29, 1.82) is 0 Å². The van der Waals surface area contributed by atoms with Gasteiger partial charge in [-0.1, -0.05) is 0 Å². The summed E-state index contributed by atoms with van der Waals surface area (Å²) in [6, 6.07) is -0.753. The normalized spacial score (nSPS) is 24.1. The number of rotatable bonds is 0. The van der Waals surface area contributed by atoms with Crippen molar-refractivity contribution in [2.24, 2.45) is 5.73 Å². The lowest BCUT2D eigenvalue weighted by atomic mass is 10.2. The van der Waals surface area contributed by atoms with Crippen LogP contribution in [0.5, 0.6) is 0 Å². The van der Waals surface area contributed by atoms with Crippen LogP contribution in [0.4, 0.5) is 4.79 Å². The van der Waals surface area contributed by atoms with Gasteiger partial charge in [0.25, 0.3) is 0 Å². The molecule has 1 heterocycles. The summed E-state index contributed by atoms with van der Waals surface area (Å²) in [5.41, 5.74) is 4.75. The van der Waals surface area contributed by atoms with E-state index in [2.05, 4.69) is 0 Å². The molecule has 0 aromatic rings. The fourth-order valence-electron chi connectivity index (χ4n) is 0.666. The highest BCUT2D eigenvalue weighted by Crippen LogP contribution is 2.16. The maximum Gasteiger partial charge on any atom is 0.414 e. The summed E-state index contributed by atoms with van der Waals surface area (Å²) in [5, 5.41) is 10.7. The summed E-state index contributed by atoms with van der Waals surface area (Å²) in [7, 11) is 0. The van der Waals surface area contributed by atoms with Gasteiger partial charge in [0, 0.05) is 6.42 Å². The molecule has 4 heteroatoms. The average Bonchev–Trinajstić information content (AvgIpc) is 1.60. The predicted molar refractivity (Wildman–Crippen MR) is 27.6 cm³/mol. The van der Waals surface area contributed by atoms with Crippen LogP contribution in [-0.4, -0.2) is 23.8 Å². The van der Waals surface area contributed by atoms with Gasteiger partial charge in [-0.15, -0.1) is 0 Å². The Morgan fingerprint density at radius 1 is 1.62 bits per heavy atom. The SMILES string of the molecule is NC(=O)[N+]1([O-])CCC1. The minimum atomic E-state index is -0.806. The summed E-state index contributed by atoms with van der Waals surface area (Å²) < 4.78 is -0.806. The highest BCUT2D eigenvalue weighted by atomic mass is 16.6. The van der Waals surface area contributed by atoms with E-state index in [0.717, 1.165) is 6.42 Å². The van der Waals surface area contributed by atoms with E-state index in [1.165, 1.54) is 0 Å². The second-order valence-electron chi connectivity index (χ2n) is 2.03. The van der Waals surface area contributed by atoms with Crippen molar-refractivity contribution in [3.63, 3.8) is 0 Å². The Bertz CT molecular complexity index is 119. The number of nitrogens with zero attached hydrogens (tertiary/aromatic N) is 1. The molecular weight excluding hydrogens is 108 g/mol. The molecule has 0 atom stereocenters. The highest BCUT2D eigenvalue weighted by molar-refractivity contribution is 5.65. The maximum absolute atomic E-state index is 10.7. The lowest BCUT2D eigenvalue weighted by Gasteiger charge is -2.44. The summed E-state index contributed by atoms with van der Waals surface area (Å²) >= 11 is 0. The third-order valence-corrected chi connectivity index (χ3v) is 1.44. The zero-order valence-corrected chi connectivity index (χ0v) is 4.46. The van der Waals surface area contributed by atoms with Crippen LogP contribution < -0.4 is 5.73 Å². The number of quaternary nitrogens is 1. The minimum Gasteiger partial charge on any atom is -0.624 e. The van der Waals surface area contributed by atoms with Crippen molar-refractivity contribution < 1.29 is 9.44 Å². The highest BCUT2D eigenvalue weighted by Gasteiger charge is 2.32. The van der Waals surface area contributed by atoms with Crippen molar-refractivity contribution in [2.75, 3.05) is 13.1 Å². The van der Waals surface area contributed by atoms with Crippen LogP contribution >= 0.6 is 0 Å². The van der Waals surface area contributed by atoms with Crippen LogP contribution in [-0.2, 0) is 0 Å². The Balaban J connectivity index is 2.53. The molecule has 1 aliphatic rings. The number of amides is 2. The number of urea groups is 1. The lowest BCUT2D eigenvalue weighted by Crippen LogP contribution is -2.59. The Hall–Kier alpha value is -0.610. The molecule has 0 unspecified atom stereocenters. The van der Waals surface area contributed by atoms with E-state index >= 15 is 0 Å². The van der Waals surface area contributed by atoms with Gasteiger partial charge in [0.2, 0.25) is 0 Å². The first-order valence-corrected chi connectivity index (χ1v) is 2.53. The predicted octanol–water partition coefficient (Wildman–Crippen LogP) is -0.217. The van der Waals surface area contributed by atoms with Crippen LogP contribution in [0.2, 0.25) is 0 Å². The fourth-order valence-corrected chi connectivity index (χ4v) is 0.666. The minimum absolute atomic E-state index is 0.370. The molecule has 1 aliphatic heterocycles. The van der Waals surface area contributed by atoms with Gasteiger partial charge >= 0.3 is 6.03 Å². The number of hydroxylamine groups is 3. The Morgan fingerprint density at radius 3 is 2.12 bits per heavy atom. The molecule has 0 saturated carbocycles. The number of carbonyl (C=O) groups is 1. The smallest absolute Gasteiger partial charge is 0.414 e. The molecule has 0 aromatic carbocycles. The molecular formula is C4H8N2O2. The molecule has 0 spiro atoms. The van der Waals surface area contributed by atoms with Gasteiger partial charge in [-0.3, -0.25) is 4.65 Å². The van der Waals surface area contributed by atoms with E-state index in [1.54, 1.807) is 0 Å². The molecule has 1 saturated heterocycles. The third kappa shape index (κ3) is 0.579. The summed E-state index contributed by atoms with van der Waals surface area (Å²) in [6.07, 6.45) is 0.826. The van der Waals surface area contributed by atoms with Gasteiger partial charge in [-0.2, -0.15) is 0 Å². The largest absolute Gasteiger partial charge is 0.624 e. The first-order valence-electron chi connectivity index (χ1n) is 2.53. The number of nitrogens with two attached hydrogens (primary N) is 1. The molecule has 1 rings (SSSR count). The van der Waals surface area contributed by atoms with Crippen LogP contribution in [0.1, 0.15) is 6.42 Å². The van der Waals surface area contributed by atoms with Crippen molar-refractivity contribution in [3.05, 3.63) is 5.21 Å². The van der Waals surface area contributed by atoms with Gasteiger partial charge in [-0.25, -0.2) is 4.79 Å². The molecule has 46 valence electrons. The van der Waals surface area contributed by atoms with E-state index in [4.69, 9.17) is 5.73 Å². The van der Waals surface area contributed by atoms with Crippen molar-refractivity contribution in [1.82, 2.24) is 0 Å². The molecule has 0 bridgehead atoms. The third-order valence-electron chi connectivity index (χ3n) is 1.44. The number of likely N-dealkylation sites (tertiary alicyclic amines) is 1. The first kappa shape index (κ1) is 5.53. The fraction of sp³-hybridized carbons (Fsp3) is 0.750. The molecule has 1 fully saturated rings. The Morgan fingerprint density at radius 2 is 2.12 bits per heavy atom. The van der Waals surface area contributed by atoms with Crippen LogP contribution in [0, 0.1) is 5.21 Å². The molecule has 0 aliphatic carbocycles. The summed E-state index contributed by atoms with van der Waals surface area (Å²) in [4.78, 5) is 10.2. The van der Waals surface area contributed by atoms with Gasteiger partial charge in [0.15, 0.2) is 0 Å². The molecule has 2 amide bonds. The summed E-state index contributed by atoms with van der Waals surface area (Å²) in [5.74, 6) is 0. The Labute approximate surface area is 47.0 Å². The van der Waals surface area contributed by atoms with Crippen LogP contribution in [0.3, 0.4) is 0 Å². The van der Waals surface area contributed by atoms with E-state index in [1.807, 2.05) is 0 Å². The molecule has 0 radical (unpaired) electrons. The second kappa shape index (κ2) is 1.43. The van der Waals surface area contributed by atoms with Crippen molar-refractivity contribution in [3.8, 4) is 0 Å². The number of hydrogen-bond acceptors (Lipinski definition) is 2. The van der Waals surface area contributed by atoms with Gasteiger partial charge in [0.1, 0.15) is 0 Å². The maximum atomic E-state index is 10.7. The monoisotopic (exact) mass is 116 g/mol. The van der Waals surface area contributed by atoms with E-state index in [0.29, 0.717) is 13.1 Å². The second-order valence-corrected chi connectivity index (χ2v) is 2.03. The van der Waals surface area contributed by atoms with E-state index in [9.17, 15) is 10.0 Å². The van der Waals surface area contributed by atoms with Gasteiger partial charge < -0.3 is 10.9 Å². The van der Waals surface area contributed by atoms with Crippen molar-refractivity contribution >= 4 is 6.03 Å². The standard InChI is InChI=1S/C4H8N2O2/c5-4(7)6(8)2-1-3-6/h1-3H2,(H2,5,7). The first-order chi connectivity index (χ1) is 3.65. The number of primary amides is 1. The molecule has 0 aromatic heterocycles. The van der Waals surface area contributed by atoms with Crippen LogP contribution in [0.25, 0.3) is 0 Å². The Kier molecular flexibility index (Phi) is 0.988. The van der Waals surface area contributed by atoms with Gasteiger partial charge in [0.05, 0.1) is 13.1 Å². The zero-order valence-electron chi connectivity index (χ0n) is 4.46. The molecule has 2 N–H and O–H groups in total. The average molecular weight is 116 g/mol. The summed E-state index contributed by atoms with van der Waals surface area (Å²) in [6.45, 7) is 0.741. The quantitative estimate of drug-likeness (QED) is 0.351. The number of hydrogen-bond donors (Lipinski definition) is 1. The van der Waals surface area contributed by atoms with Crippen molar-refractivity contribution in [2.45, 2.75) is 6.42 Å². The molecule has 4 nitrogen and oxygen atoms in total. The van der Waals surface area contributed by atoms with E-state index in [-0.39, 0.29) is 0 Å². The lowest BCUT2D eigenvalue weighted by molar-refractivity contribution is -0.839. The van der Waals surface area contributed by atoms with Crippen LogP contribution in [0.15, 0.2) is 0 Å². The number of carbonyl (C=O) groups excluding carboxylic acids is 1. The van der Waals surface area contributed by atoms with Gasteiger partial charge in [-0.05, 0) is 0 Å². The zero-order chi connectivity index (χ0) is 6.20. The topological polar surface area (TPSA) is 66.2 Å². The molecule has 8 heavy (non-hydrogen) atoms. The van der Waals surface area contributed by atoms with E-state index < -0.39 is 10.7 Å².